The number of carbonyl (C=O) groups excluding carboxylic acids is 1. The van der Waals surface area contributed by atoms with E-state index in [-0.39, 0.29) is 28.4 Å². The van der Waals surface area contributed by atoms with Crippen LogP contribution in [0.25, 0.3) is 44.6 Å². The number of para-hydroxylation sites is 1. The predicted octanol–water partition coefficient (Wildman–Crippen LogP) is 10.6. The van der Waals surface area contributed by atoms with Crippen LogP contribution >= 0.6 is 0 Å². The molecule has 0 amide bonds. The van der Waals surface area contributed by atoms with Gasteiger partial charge >= 0.3 is 6.18 Å². The Morgan fingerprint density at radius 1 is 0.766 bits per heavy atom. The lowest BCUT2D eigenvalue weighted by molar-refractivity contribution is -0.137. The number of alkyl halides is 3. The molecule has 6 aromatic rings. The molecule has 230 valence electrons. The summed E-state index contributed by atoms with van der Waals surface area (Å²) in [6.07, 6.45) is -4.55. The zero-order valence-corrected chi connectivity index (χ0v) is 25.3. The van der Waals surface area contributed by atoms with E-state index in [1.807, 2.05) is 104 Å². The van der Waals surface area contributed by atoms with Crippen molar-refractivity contribution in [1.29, 1.82) is 0 Å². The van der Waals surface area contributed by atoms with Gasteiger partial charge in [0.1, 0.15) is 5.76 Å². The van der Waals surface area contributed by atoms with E-state index >= 15 is 0 Å². The maximum atomic E-state index is 14.5. The van der Waals surface area contributed by atoms with Crippen molar-refractivity contribution in [2.75, 3.05) is 0 Å². The molecule has 0 fully saturated rings. The third-order valence-corrected chi connectivity index (χ3v) is 8.62. The number of Topliss-reactive ketones (excluding diaryl/α,β-unsaturated/α-hetero) is 1. The Kier molecular flexibility index (Phi) is 7.28. The first-order valence-corrected chi connectivity index (χ1v) is 15.1. The third-order valence-electron chi connectivity index (χ3n) is 8.62. The molecule has 1 N–H and O–H groups in total. The summed E-state index contributed by atoms with van der Waals surface area (Å²) in [6.45, 7) is 6.30. The predicted molar refractivity (Wildman–Crippen MR) is 182 cm³/mol. The Bertz CT molecular complexity index is 2270. The highest BCUT2D eigenvalue weighted by atomic mass is 19.4. The number of allylic oxidation sites excluding steroid dienone is 4. The van der Waals surface area contributed by atoms with E-state index in [1.54, 1.807) is 22.8 Å². The molecule has 3 nitrogen and oxygen atoms in total. The monoisotopic (exact) mass is 623 g/mol. The van der Waals surface area contributed by atoms with E-state index in [0.29, 0.717) is 38.9 Å². The molecule has 0 saturated carbocycles. The third kappa shape index (κ3) is 4.99. The Hall–Kier alpha value is -5.88. The van der Waals surface area contributed by atoms with Crippen molar-refractivity contribution in [3.63, 3.8) is 0 Å². The fourth-order valence-electron chi connectivity index (χ4n) is 6.40. The molecule has 0 atom stereocenters. The lowest BCUT2D eigenvalue weighted by atomic mass is 9.75. The fourth-order valence-corrected chi connectivity index (χ4v) is 6.40. The standard InChI is InChI=1S/C41H28F3NO2/c1-25-14-9-10-21-31(25)34(26(2)27-15-5-3-6-16-27)36-39(46)37(40(36)47)35-32-22-11-12-23-33(32)45(38(35)28-17-7-4-8-18-28)30-20-13-19-29(24-30)41(42,43)44/h3-24,46H,2H2,1H3/b36-34+. The van der Waals surface area contributed by atoms with Gasteiger partial charge in [0.05, 0.1) is 27.9 Å². The smallest absolute Gasteiger partial charge is 0.416 e. The van der Waals surface area contributed by atoms with Crippen LogP contribution in [0.4, 0.5) is 13.2 Å². The van der Waals surface area contributed by atoms with Crippen molar-refractivity contribution in [3.8, 4) is 16.9 Å². The number of aliphatic hydroxyl groups is 1. The van der Waals surface area contributed by atoms with Crippen LogP contribution in [0.2, 0.25) is 0 Å². The first-order valence-electron chi connectivity index (χ1n) is 15.1. The summed E-state index contributed by atoms with van der Waals surface area (Å²) in [6, 6.07) is 38.6. The van der Waals surface area contributed by atoms with Crippen molar-refractivity contribution < 1.29 is 23.1 Å². The Balaban J connectivity index is 1.55. The van der Waals surface area contributed by atoms with Crippen LogP contribution in [0.5, 0.6) is 0 Å². The van der Waals surface area contributed by atoms with Gasteiger partial charge in [-0.2, -0.15) is 13.2 Å². The number of benzene rings is 5. The van der Waals surface area contributed by atoms with Gasteiger partial charge in [-0.05, 0) is 59.0 Å². The molecule has 1 heterocycles. The maximum absolute atomic E-state index is 14.5. The number of nitrogens with zero attached hydrogens (tertiary/aromatic N) is 1. The van der Waals surface area contributed by atoms with Crippen molar-refractivity contribution in [2.24, 2.45) is 0 Å². The molecule has 1 aliphatic carbocycles. The summed E-state index contributed by atoms with van der Waals surface area (Å²) in [5, 5.41) is 12.6. The van der Waals surface area contributed by atoms with E-state index in [2.05, 4.69) is 6.58 Å². The van der Waals surface area contributed by atoms with Gasteiger partial charge in [-0.15, -0.1) is 0 Å². The lowest BCUT2D eigenvalue weighted by Gasteiger charge is -2.27. The van der Waals surface area contributed by atoms with Gasteiger partial charge in [-0.25, -0.2) is 0 Å². The van der Waals surface area contributed by atoms with Crippen molar-refractivity contribution >= 4 is 33.4 Å². The average Bonchev–Trinajstić information content (AvgIpc) is 3.42. The van der Waals surface area contributed by atoms with Crippen LogP contribution in [0.1, 0.15) is 27.8 Å². The highest BCUT2D eigenvalue weighted by Gasteiger charge is 2.42. The van der Waals surface area contributed by atoms with Crippen molar-refractivity contribution in [2.45, 2.75) is 13.1 Å². The number of fused-ring (bicyclic) bond motifs is 1. The second kappa shape index (κ2) is 11.5. The molecule has 1 aliphatic rings. The Morgan fingerprint density at radius 2 is 1.40 bits per heavy atom. The summed E-state index contributed by atoms with van der Waals surface area (Å²) in [7, 11) is 0. The van der Waals surface area contributed by atoms with E-state index < -0.39 is 11.7 Å². The molecule has 0 aliphatic heterocycles. The van der Waals surface area contributed by atoms with E-state index in [0.717, 1.165) is 28.8 Å². The van der Waals surface area contributed by atoms with Gasteiger partial charge in [0.25, 0.3) is 0 Å². The summed E-state index contributed by atoms with van der Waals surface area (Å²) in [5.74, 6) is -0.559. The van der Waals surface area contributed by atoms with Gasteiger partial charge in [0.15, 0.2) is 0 Å². The average molecular weight is 624 g/mol. The molecule has 0 spiro atoms. The molecule has 1 aromatic heterocycles. The molecule has 0 bridgehead atoms. The van der Waals surface area contributed by atoms with Gasteiger partial charge in [-0.3, -0.25) is 4.79 Å². The van der Waals surface area contributed by atoms with Crippen LogP contribution in [0.3, 0.4) is 0 Å². The number of halogens is 3. The van der Waals surface area contributed by atoms with E-state index in [9.17, 15) is 23.1 Å². The van der Waals surface area contributed by atoms with Crippen LogP contribution in [0, 0.1) is 6.92 Å². The number of carbonyl (C=O) groups is 1. The highest BCUT2D eigenvalue weighted by Crippen LogP contribution is 2.50. The zero-order valence-electron chi connectivity index (χ0n) is 25.3. The largest absolute Gasteiger partial charge is 0.506 e. The first-order chi connectivity index (χ1) is 22.7. The Morgan fingerprint density at radius 3 is 2.09 bits per heavy atom. The quantitative estimate of drug-likeness (QED) is 0.188. The van der Waals surface area contributed by atoms with Crippen molar-refractivity contribution in [3.05, 3.63) is 179 Å². The second-order valence-corrected chi connectivity index (χ2v) is 11.5. The first kappa shape index (κ1) is 29.8. The fraction of sp³-hybridized carbons (Fsp3) is 0.0488. The second-order valence-electron chi connectivity index (χ2n) is 11.5. The zero-order chi connectivity index (χ0) is 32.9. The number of aliphatic hydroxyl groups excluding tert-OH is 1. The van der Waals surface area contributed by atoms with Gasteiger partial charge < -0.3 is 9.67 Å². The lowest BCUT2D eigenvalue weighted by Crippen LogP contribution is -2.23. The number of hydrogen-bond acceptors (Lipinski definition) is 2. The summed E-state index contributed by atoms with van der Waals surface area (Å²) >= 11 is 0. The minimum absolute atomic E-state index is 0.104. The molecule has 7 rings (SSSR count). The minimum atomic E-state index is -4.55. The van der Waals surface area contributed by atoms with Crippen LogP contribution < -0.4 is 0 Å². The molecule has 6 heteroatoms. The summed E-state index contributed by atoms with van der Waals surface area (Å²) in [5.41, 5.74) is 5.57. The molecular weight excluding hydrogens is 595 g/mol. The van der Waals surface area contributed by atoms with E-state index in [1.165, 1.54) is 6.07 Å². The van der Waals surface area contributed by atoms with Gasteiger partial charge in [0, 0.05) is 22.2 Å². The van der Waals surface area contributed by atoms with Crippen LogP contribution in [0.15, 0.2) is 151 Å². The van der Waals surface area contributed by atoms with Gasteiger partial charge in [-0.1, -0.05) is 116 Å². The number of aromatic nitrogens is 1. The molecule has 0 saturated heterocycles. The van der Waals surface area contributed by atoms with E-state index in [4.69, 9.17) is 0 Å². The molecular formula is C41H28F3NO2. The minimum Gasteiger partial charge on any atom is -0.506 e. The maximum Gasteiger partial charge on any atom is 0.416 e. The molecule has 0 radical (unpaired) electrons. The van der Waals surface area contributed by atoms with Gasteiger partial charge in [0.2, 0.25) is 5.78 Å². The van der Waals surface area contributed by atoms with Crippen LogP contribution in [-0.4, -0.2) is 15.5 Å². The SMILES string of the molecule is C=C(/C(=C1\C(=O)C(c2c(-c3ccccc3)n(-c3cccc(C(F)(F)F)c3)c3ccccc23)=C1O)c1ccccc1C)c1ccccc1. The molecule has 47 heavy (non-hydrogen) atoms. The normalized spacial score (nSPS) is 14.3. The van der Waals surface area contributed by atoms with Crippen LogP contribution in [-0.2, 0) is 11.0 Å². The highest BCUT2D eigenvalue weighted by molar-refractivity contribution is 6.45. The molecule has 0 unspecified atom stereocenters. The molecule has 5 aromatic carbocycles. The number of rotatable bonds is 6. The Labute approximate surface area is 269 Å². The number of ketones is 1. The topological polar surface area (TPSA) is 42.2 Å². The summed E-state index contributed by atoms with van der Waals surface area (Å²) < 4.78 is 43.4. The summed E-state index contributed by atoms with van der Waals surface area (Å²) in [4.78, 5) is 14.5. The van der Waals surface area contributed by atoms with Crippen molar-refractivity contribution in [1.82, 2.24) is 4.57 Å². The number of aryl methyl sites for hydroxylation is 1. The number of hydrogen-bond donors (Lipinski definition) is 1.